The minimum atomic E-state index is -3.94. The van der Waals surface area contributed by atoms with Crippen LogP contribution in [0.1, 0.15) is 12.8 Å². The quantitative estimate of drug-likeness (QED) is 0.753. The van der Waals surface area contributed by atoms with Gasteiger partial charge in [0.1, 0.15) is 29.7 Å². The second-order valence-corrected chi connectivity index (χ2v) is 9.23. The number of halogens is 1. The predicted molar refractivity (Wildman–Crippen MR) is 110 cm³/mol. The highest BCUT2D eigenvalue weighted by Gasteiger charge is 2.34. The van der Waals surface area contributed by atoms with Gasteiger partial charge >= 0.3 is 0 Å². The summed E-state index contributed by atoms with van der Waals surface area (Å²) < 4.78 is 57.0. The Hall–Kier alpha value is -2.85. The highest BCUT2D eigenvalue weighted by Crippen LogP contribution is 2.34. The SMILES string of the molecule is COc1ccc(F)cc1S(=O)(=O)N1CCC(C(=O)Nc2ccc3c(c2)OCCO3)CC1. The molecule has 2 aliphatic heterocycles. The number of amides is 1. The van der Waals surface area contributed by atoms with Crippen molar-refractivity contribution in [2.75, 3.05) is 38.7 Å². The number of anilines is 1. The monoisotopic (exact) mass is 450 g/mol. The van der Waals surface area contributed by atoms with Crippen LogP contribution in [0.5, 0.6) is 17.2 Å². The number of sulfonamides is 1. The first-order valence-electron chi connectivity index (χ1n) is 9.92. The first-order valence-corrected chi connectivity index (χ1v) is 11.4. The third-order valence-electron chi connectivity index (χ3n) is 5.38. The van der Waals surface area contributed by atoms with Crippen LogP contribution in [0.15, 0.2) is 41.3 Å². The van der Waals surface area contributed by atoms with E-state index in [9.17, 15) is 17.6 Å². The van der Waals surface area contributed by atoms with Crippen LogP contribution < -0.4 is 19.5 Å². The summed E-state index contributed by atoms with van der Waals surface area (Å²) in [5.74, 6) is 0.114. The summed E-state index contributed by atoms with van der Waals surface area (Å²) >= 11 is 0. The number of rotatable bonds is 5. The van der Waals surface area contributed by atoms with Crippen molar-refractivity contribution >= 4 is 21.6 Å². The average Bonchev–Trinajstić information content (AvgIpc) is 2.79. The Balaban J connectivity index is 1.40. The molecule has 4 rings (SSSR count). The van der Waals surface area contributed by atoms with Crippen LogP contribution >= 0.6 is 0 Å². The lowest BCUT2D eigenvalue weighted by Gasteiger charge is -2.31. The minimum Gasteiger partial charge on any atom is -0.495 e. The van der Waals surface area contributed by atoms with Gasteiger partial charge in [0.05, 0.1) is 7.11 Å². The number of nitrogens with one attached hydrogen (secondary N) is 1. The molecule has 0 atom stereocenters. The Morgan fingerprint density at radius 3 is 2.52 bits per heavy atom. The molecule has 0 aromatic heterocycles. The normalized spacial score (nSPS) is 17.2. The second-order valence-electron chi connectivity index (χ2n) is 7.32. The van der Waals surface area contributed by atoms with Crippen molar-refractivity contribution < 1.29 is 31.8 Å². The van der Waals surface area contributed by atoms with Gasteiger partial charge in [0.15, 0.2) is 11.5 Å². The maximum atomic E-state index is 13.7. The summed E-state index contributed by atoms with van der Waals surface area (Å²) in [7, 11) is -2.61. The molecule has 2 aliphatic rings. The van der Waals surface area contributed by atoms with Crippen molar-refractivity contribution in [1.29, 1.82) is 0 Å². The van der Waals surface area contributed by atoms with Gasteiger partial charge in [-0.2, -0.15) is 4.31 Å². The van der Waals surface area contributed by atoms with Crippen LogP contribution in [-0.2, 0) is 14.8 Å². The maximum absolute atomic E-state index is 13.7. The molecule has 0 radical (unpaired) electrons. The van der Waals surface area contributed by atoms with Crippen LogP contribution in [0.2, 0.25) is 0 Å². The molecular weight excluding hydrogens is 427 g/mol. The molecule has 1 fully saturated rings. The highest BCUT2D eigenvalue weighted by atomic mass is 32.2. The third-order valence-corrected chi connectivity index (χ3v) is 7.30. The van der Waals surface area contributed by atoms with Crippen molar-refractivity contribution in [2.45, 2.75) is 17.7 Å². The van der Waals surface area contributed by atoms with E-state index in [1.165, 1.54) is 17.5 Å². The molecule has 0 saturated carbocycles. The number of fused-ring (bicyclic) bond motifs is 1. The molecular formula is C21H23FN2O6S. The summed E-state index contributed by atoms with van der Waals surface area (Å²) in [6, 6.07) is 8.58. The van der Waals surface area contributed by atoms with Gasteiger partial charge in [-0.1, -0.05) is 0 Å². The van der Waals surface area contributed by atoms with Crippen LogP contribution in [-0.4, -0.2) is 52.0 Å². The fourth-order valence-corrected chi connectivity index (χ4v) is 5.35. The topological polar surface area (TPSA) is 94.2 Å². The molecule has 2 aromatic carbocycles. The molecule has 8 nitrogen and oxygen atoms in total. The molecule has 2 aromatic rings. The number of carbonyl (C=O) groups is 1. The number of carbonyl (C=O) groups excluding carboxylic acids is 1. The summed E-state index contributed by atoms with van der Waals surface area (Å²) in [5.41, 5.74) is 0.591. The number of benzene rings is 2. The van der Waals surface area contributed by atoms with E-state index >= 15 is 0 Å². The minimum absolute atomic E-state index is 0.0832. The maximum Gasteiger partial charge on any atom is 0.246 e. The van der Waals surface area contributed by atoms with Crippen LogP contribution in [0.3, 0.4) is 0 Å². The molecule has 0 spiro atoms. The van der Waals surface area contributed by atoms with E-state index in [-0.39, 0.29) is 35.6 Å². The summed E-state index contributed by atoms with van der Waals surface area (Å²) in [6.07, 6.45) is 0.709. The molecule has 10 heteroatoms. The Morgan fingerprint density at radius 1 is 1.10 bits per heavy atom. The van der Waals surface area contributed by atoms with Gasteiger partial charge in [-0.05, 0) is 43.2 Å². The lowest BCUT2D eigenvalue weighted by Crippen LogP contribution is -2.41. The van der Waals surface area contributed by atoms with Crippen LogP contribution in [0.4, 0.5) is 10.1 Å². The van der Waals surface area contributed by atoms with E-state index in [0.717, 1.165) is 12.1 Å². The van der Waals surface area contributed by atoms with Gasteiger partial charge in [0.25, 0.3) is 0 Å². The Kier molecular flexibility index (Phi) is 6.01. The van der Waals surface area contributed by atoms with Gasteiger partial charge < -0.3 is 19.5 Å². The van der Waals surface area contributed by atoms with Gasteiger partial charge in [-0.25, -0.2) is 12.8 Å². The number of ether oxygens (including phenoxy) is 3. The zero-order valence-electron chi connectivity index (χ0n) is 17.0. The van der Waals surface area contributed by atoms with Crippen molar-refractivity contribution in [1.82, 2.24) is 4.31 Å². The molecule has 0 aliphatic carbocycles. The highest BCUT2D eigenvalue weighted by molar-refractivity contribution is 7.89. The van der Waals surface area contributed by atoms with E-state index in [0.29, 0.717) is 43.2 Å². The number of hydrogen-bond donors (Lipinski definition) is 1. The largest absolute Gasteiger partial charge is 0.495 e. The summed E-state index contributed by atoms with van der Waals surface area (Å²) in [6.45, 7) is 1.25. The Morgan fingerprint density at radius 2 is 1.81 bits per heavy atom. The van der Waals surface area contributed by atoms with E-state index in [2.05, 4.69) is 5.32 Å². The van der Waals surface area contributed by atoms with E-state index in [1.807, 2.05) is 0 Å². The van der Waals surface area contributed by atoms with E-state index in [4.69, 9.17) is 14.2 Å². The zero-order chi connectivity index (χ0) is 22.0. The van der Waals surface area contributed by atoms with E-state index in [1.54, 1.807) is 18.2 Å². The Labute approximate surface area is 179 Å². The average molecular weight is 450 g/mol. The number of nitrogens with zero attached hydrogens (tertiary/aromatic N) is 1. The fraction of sp³-hybridized carbons (Fsp3) is 0.381. The molecule has 0 bridgehead atoms. The van der Waals surface area contributed by atoms with Crippen molar-refractivity contribution in [3.63, 3.8) is 0 Å². The summed E-state index contributed by atoms with van der Waals surface area (Å²) in [4.78, 5) is 12.5. The smallest absolute Gasteiger partial charge is 0.246 e. The van der Waals surface area contributed by atoms with Gasteiger partial charge in [-0.15, -0.1) is 0 Å². The van der Waals surface area contributed by atoms with E-state index < -0.39 is 15.8 Å². The first-order chi connectivity index (χ1) is 14.9. The number of hydrogen-bond acceptors (Lipinski definition) is 6. The third kappa shape index (κ3) is 4.45. The zero-order valence-corrected chi connectivity index (χ0v) is 17.8. The molecule has 2 heterocycles. The molecule has 1 amide bonds. The number of methoxy groups -OCH3 is 1. The van der Waals surface area contributed by atoms with Gasteiger partial charge in [-0.3, -0.25) is 4.79 Å². The summed E-state index contributed by atoms with van der Waals surface area (Å²) in [5, 5.41) is 2.86. The van der Waals surface area contributed by atoms with Crippen molar-refractivity contribution in [2.24, 2.45) is 5.92 Å². The lowest BCUT2D eigenvalue weighted by molar-refractivity contribution is -0.120. The molecule has 1 N–H and O–H groups in total. The molecule has 1 saturated heterocycles. The van der Waals surface area contributed by atoms with Crippen molar-refractivity contribution in [3.05, 3.63) is 42.2 Å². The first kappa shape index (κ1) is 21.4. The molecule has 166 valence electrons. The Bertz CT molecular complexity index is 1080. The van der Waals surface area contributed by atoms with Gasteiger partial charge in [0, 0.05) is 30.8 Å². The predicted octanol–water partition coefficient (Wildman–Crippen LogP) is 2.64. The standard InChI is InChI=1S/C21H23FN2O6S/c1-28-18-4-2-15(22)12-20(18)31(26,27)24-8-6-14(7-9-24)21(25)23-16-3-5-17-19(13-16)30-11-10-29-17/h2-5,12-14H,6-11H2,1H3,(H,23,25). The number of piperidine rings is 1. The second kappa shape index (κ2) is 8.72. The van der Waals surface area contributed by atoms with Crippen molar-refractivity contribution in [3.8, 4) is 17.2 Å². The molecule has 31 heavy (non-hydrogen) atoms. The lowest BCUT2D eigenvalue weighted by atomic mass is 9.97. The molecule has 0 unspecified atom stereocenters. The van der Waals surface area contributed by atoms with Crippen LogP contribution in [0, 0.1) is 11.7 Å². The fourth-order valence-electron chi connectivity index (χ4n) is 3.71. The van der Waals surface area contributed by atoms with Gasteiger partial charge in [0.2, 0.25) is 15.9 Å². The van der Waals surface area contributed by atoms with Crippen LogP contribution in [0.25, 0.3) is 0 Å².